The first kappa shape index (κ1) is 16.3. The molecule has 3 heterocycles. The zero-order chi connectivity index (χ0) is 17.9. The molecule has 7 heteroatoms. The largest absolute Gasteiger partial charge is 0.335 e. The predicted octanol–water partition coefficient (Wildman–Crippen LogP) is 1.91. The van der Waals surface area contributed by atoms with Crippen molar-refractivity contribution in [3.8, 4) is 5.69 Å². The molecule has 1 aliphatic rings. The van der Waals surface area contributed by atoms with Crippen LogP contribution in [0, 0.1) is 0 Å². The van der Waals surface area contributed by atoms with E-state index in [1.807, 2.05) is 29.0 Å². The molecule has 7 nitrogen and oxygen atoms in total. The first-order chi connectivity index (χ1) is 12.7. The van der Waals surface area contributed by atoms with Crippen LogP contribution in [-0.4, -0.2) is 43.2 Å². The Hall–Kier alpha value is -3.22. The van der Waals surface area contributed by atoms with Gasteiger partial charge >= 0.3 is 0 Å². The first-order valence-corrected chi connectivity index (χ1v) is 8.65. The molecule has 1 saturated heterocycles. The lowest BCUT2D eigenvalue weighted by atomic mass is 10.1. The van der Waals surface area contributed by atoms with E-state index in [2.05, 4.69) is 10.1 Å². The van der Waals surface area contributed by atoms with Crippen molar-refractivity contribution in [1.82, 2.24) is 24.2 Å². The van der Waals surface area contributed by atoms with Gasteiger partial charge in [0.25, 0.3) is 11.5 Å². The average Bonchev–Trinajstić information content (AvgIpc) is 3.23. The van der Waals surface area contributed by atoms with Gasteiger partial charge in [0.2, 0.25) is 0 Å². The third-order valence-corrected chi connectivity index (χ3v) is 4.65. The molecule has 132 valence electrons. The number of rotatable bonds is 3. The minimum Gasteiger partial charge on any atom is -0.335 e. The lowest BCUT2D eigenvalue weighted by molar-refractivity contribution is 0.0671. The SMILES string of the molecule is O=C(c1ccc(=O)n(-c2ccccc2)n1)N1CCC[C@H](n2ccnc2)C1. The summed E-state index contributed by atoms with van der Waals surface area (Å²) in [6.45, 7) is 1.30. The summed E-state index contributed by atoms with van der Waals surface area (Å²) in [5.41, 5.74) is 0.657. The van der Waals surface area contributed by atoms with E-state index < -0.39 is 0 Å². The summed E-state index contributed by atoms with van der Waals surface area (Å²) in [5.74, 6) is -0.153. The van der Waals surface area contributed by atoms with Crippen LogP contribution < -0.4 is 5.56 Å². The zero-order valence-electron chi connectivity index (χ0n) is 14.2. The second-order valence-electron chi connectivity index (χ2n) is 6.36. The third-order valence-electron chi connectivity index (χ3n) is 4.65. The van der Waals surface area contributed by atoms with Crippen LogP contribution >= 0.6 is 0 Å². The number of piperidine rings is 1. The number of para-hydroxylation sites is 1. The van der Waals surface area contributed by atoms with Gasteiger partial charge in [0.1, 0.15) is 5.69 Å². The molecule has 0 radical (unpaired) electrons. The summed E-state index contributed by atoms with van der Waals surface area (Å²) < 4.78 is 3.31. The van der Waals surface area contributed by atoms with Gasteiger partial charge in [-0.25, -0.2) is 4.98 Å². The van der Waals surface area contributed by atoms with E-state index in [9.17, 15) is 9.59 Å². The van der Waals surface area contributed by atoms with Gasteiger partial charge in [-0.2, -0.15) is 9.78 Å². The molecule has 0 unspecified atom stereocenters. The molecule has 3 aromatic rings. The standard InChI is InChI=1S/C19H19N5O2/c25-18-9-8-17(21-24(18)15-5-2-1-3-6-15)19(26)22-11-4-7-16(13-22)23-12-10-20-14-23/h1-3,5-6,8-10,12,14,16H,4,7,11,13H2/t16-/m0/s1. The number of nitrogens with zero attached hydrogens (tertiary/aromatic N) is 5. The van der Waals surface area contributed by atoms with E-state index in [4.69, 9.17) is 0 Å². The van der Waals surface area contributed by atoms with Crippen molar-refractivity contribution in [2.45, 2.75) is 18.9 Å². The zero-order valence-corrected chi connectivity index (χ0v) is 14.2. The molecule has 1 atom stereocenters. The average molecular weight is 349 g/mol. The number of aromatic nitrogens is 4. The maximum absolute atomic E-state index is 12.9. The van der Waals surface area contributed by atoms with Gasteiger partial charge in [0, 0.05) is 31.5 Å². The van der Waals surface area contributed by atoms with Gasteiger partial charge in [-0.1, -0.05) is 18.2 Å². The number of hydrogen-bond acceptors (Lipinski definition) is 4. The number of likely N-dealkylation sites (tertiary alicyclic amines) is 1. The molecule has 1 aromatic carbocycles. The summed E-state index contributed by atoms with van der Waals surface area (Å²) in [5, 5.41) is 4.30. The Labute approximate surface area is 150 Å². The number of imidazole rings is 1. The second-order valence-corrected chi connectivity index (χ2v) is 6.36. The van der Waals surface area contributed by atoms with Crippen molar-refractivity contribution in [3.63, 3.8) is 0 Å². The minimum absolute atomic E-state index is 0.153. The first-order valence-electron chi connectivity index (χ1n) is 8.65. The highest BCUT2D eigenvalue weighted by Gasteiger charge is 2.26. The molecule has 1 fully saturated rings. The van der Waals surface area contributed by atoms with Gasteiger partial charge in [0.15, 0.2) is 0 Å². The fourth-order valence-electron chi connectivity index (χ4n) is 3.31. The molecule has 1 aliphatic heterocycles. The molecule has 0 bridgehead atoms. The molecule has 26 heavy (non-hydrogen) atoms. The van der Waals surface area contributed by atoms with Gasteiger partial charge in [-0.3, -0.25) is 9.59 Å². The smallest absolute Gasteiger partial charge is 0.274 e. The van der Waals surface area contributed by atoms with Crippen LogP contribution in [0.1, 0.15) is 29.4 Å². The molecule has 0 spiro atoms. The summed E-state index contributed by atoms with van der Waals surface area (Å²) in [6.07, 6.45) is 7.39. The fraction of sp³-hybridized carbons (Fsp3) is 0.263. The Bertz CT molecular complexity index is 950. The van der Waals surface area contributed by atoms with Crippen molar-refractivity contribution >= 4 is 5.91 Å². The van der Waals surface area contributed by atoms with Crippen molar-refractivity contribution in [3.05, 3.63) is 77.2 Å². The minimum atomic E-state index is -0.261. The van der Waals surface area contributed by atoms with Crippen molar-refractivity contribution in [2.24, 2.45) is 0 Å². The summed E-state index contributed by atoms with van der Waals surface area (Å²) >= 11 is 0. The Balaban J connectivity index is 1.59. The van der Waals surface area contributed by atoms with Gasteiger partial charge in [-0.15, -0.1) is 0 Å². The van der Waals surface area contributed by atoms with E-state index in [-0.39, 0.29) is 23.2 Å². The van der Waals surface area contributed by atoms with Crippen molar-refractivity contribution < 1.29 is 4.79 Å². The van der Waals surface area contributed by atoms with E-state index in [1.54, 1.807) is 29.6 Å². The highest BCUT2D eigenvalue weighted by Crippen LogP contribution is 2.22. The topological polar surface area (TPSA) is 73.0 Å². The normalized spacial score (nSPS) is 17.2. The van der Waals surface area contributed by atoms with Gasteiger partial charge in [-0.05, 0) is 31.0 Å². The second kappa shape index (κ2) is 6.95. The van der Waals surface area contributed by atoms with Crippen LogP contribution in [-0.2, 0) is 0 Å². The molecule has 2 aromatic heterocycles. The monoisotopic (exact) mass is 349 g/mol. The van der Waals surface area contributed by atoms with Crippen LogP contribution in [0.4, 0.5) is 0 Å². The predicted molar refractivity (Wildman–Crippen MR) is 96.2 cm³/mol. The van der Waals surface area contributed by atoms with E-state index in [1.165, 1.54) is 16.8 Å². The highest BCUT2D eigenvalue weighted by molar-refractivity contribution is 5.92. The molecule has 0 aliphatic carbocycles. The lowest BCUT2D eigenvalue weighted by Gasteiger charge is -2.33. The van der Waals surface area contributed by atoms with E-state index in [0.29, 0.717) is 18.8 Å². The highest BCUT2D eigenvalue weighted by atomic mass is 16.2. The number of amides is 1. The number of carbonyl (C=O) groups is 1. The number of benzene rings is 1. The van der Waals surface area contributed by atoms with Crippen LogP contribution in [0.15, 0.2) is 66.0 Å². The maximum Gasteiger partial charge on any atom is 0.274 e. The Morgan fingerprint density at radius 1 is 1.12 bits per heavy atom. The van der Waals surface area contributed by atoms with Crippen LogP contribution in [0.25, 0.3) is 5.69 Å². The Morgan fingerprint density at radius 3 is 2.73 bits per heavy atom. The molecule has 4 rings (SSSR count). The fourth-order valence-corrected chi connectivity index (χ4v) is 3.31. The van der Waals surface area contributed by atoms with E-state index in [0.717, 1.165) is 12.8 Å². The summed E-state index contributed by atoms with van der Waals surface area (Å²) in [4.78, 5) is 31.0. The van der Waals surface area contributed by atoms with Gasteiger partial charge in [0.05, 0.1) is 18.1 Å². The molecular weight excluding hydrogens is 330 g/mol. The van der Waals surface area contributed by atoms with E-state index >= 15 is 0 Å². The third kappa shape index (κ3) is 3.15. The molecular formula is C19H19N5O2. The molecule has 0 saturated carbocycles. The molecule has 0 N–H and O–H groups in total. The number of carbonyl (C=O) groups excluding carboxylic acids is 1. The van der Waals surface area contributed by atoms with Crippen LogP contribution in [0.3, 0.4) is 0 Å². The lowest BCUT2D eigenvalue weighted by Crippen LogP contribution is -2.41. The van der Waals surface area contributed by atoms with Crippen molar-refractivity contribution in [1.29, 1.82) is 0 Å². The summed E-state index contributed by atoms with van der Waals surface area (Å²) in [7, 11) is 0. The Morgan fingerprint density at radius 2 is 1.96 bits per heavy atom. The quantitative estimate of drug-likeness (QED) is 0.724. The summed E-state index contributed by atoms with van der Waals surface area (Å²) in [6, 6.07) is 12.2. The maximum atomic E-state index is 12.9. The van der Waals surface area contributed by atoms with Crippen molar-refractivity contribution in [2.75, 3.05) is 13.1 Å². The number of hydrogen-bond donors (Lipinski definition) is 0. The van der Waals surface area contributed by atoms with Crippen LogP contribution in [0.2, 0.25) is 0 Å². The van der Waals surface area contributed by atoms with Gasteiger partial charge < -0.3 is 9.47 Å². The van der Waals surface area contributed by atoms with Crippen LogP contribution in [0.5, 0.6) is 0 Å². The molecule has 1 amide bonds. The Kier molecular flexibility index (Phi) is 4.35.